The van der Waals surface area contributed by atoms with Gasteiger partial charge in [0.1, 0.15) is 0 Å². The number of fused-ring (bicyclic) bond motifs is 1. The summed E-state index contributed by atoms with van der Waals surface area (Å²) in [4.78, 5) is 2.23. The van der Waals surface area contributed by atoms with Gasteiger partial charge in [-0.1, -0.05) is 0 Å². The standard InChI is InChI=1S/C13H19FN4O2SSe/c1-3-18(4-2)9-5-8-15-21(19,20)11-7-6-10(14)12-13(11)17-22-16-12/h6-7,15H,3-5,8-9H2,1-2H3. The van der Waals surface area contributed by atoms with Gasteiger partial charge in [-0.05, 0) is 0 Å². The molecular weight excluding hydrogens is 374 g/mol. The van der Waals surface area contributed by atoms with Crippen molar-refractivity contribution in [2.45, 2.75) is 25.2 Å². The third-order valence-electron chi connectivity index (χ3n) is 3.46. The third-order valence-corrected chi connectivity index (χ3v) is 6.06. The van der Waals surface area contributed by atoms with E-state index in [4.69, 9.17) is 0 Å². The molecule has 6 nitrogen and oxygen atoms in total. The van der Waals surface area contributed by atoms with Crippen LogP contribution >= 0.6 is 0 Å². The second-order valence-electron chi connectivity index (χ2n) is 4.79. The Balaban J connectivity index is 2.07. The minimum atomic E-state index is -3.69. The van der Waals surface area contributed by atoms with Gasteiger partial charge in [0.25, 0.3) is 0 Å². The molecule has 0 aliphatic rings. The van der Waals surface area contributed by atoms with E-state index in [9.17, 15) is 12.8 Å². The Morgan fingerprint density at radius 2 is 1.91 bits per heavy atom. The van der Waals surface area contributed by atoms with E-state index in [1.54, 1.807) is 0 Å². The first-order valence-corrected chi connectivity index (χ1v) is 10.1. The van der Waals surface area contributed by atoms with Crippen LogP contribution in [0, 0.1) is 5.82 Å². The molecule has 2 aromatic rings. The summed E-state index contributed by atoms with van der Waals surface area (Å²) >= 11 is -0.475. The monoisotopic (exact) mass is 394 g/mol. The van der Waals surface area contributed by atoms with Gasteiger partial charge in [-0.2, -0.15) is 0 Å². The predicted octanol–water partition coefficient (Wildman–Crippen LogP) is 0.836. The van der Waals surface area contributed by atoms with E-state index >= 15 is 0 Å². The van der Waals surface area contributed by atoms with Gasteiger partial charge in [0.15, 0.2) is 0 Å². The normalized spacial score (nSPS) is 12.4. The Morgan fingerprint density at radius 1 is 1.23 bits per heavy atom. The maximum absolute atomic E-state index is 13.6. The van der Waals surface area contributed by atoms with Crippen molar-refractivity contribution in [3.8, 4) is 0 Å². The summed E-state index contributed by atoms with van der Waals surface area (Å²) in [5.74, 6) is -0.529. The topological polar surface area (TPSA) is 75.2 Å². The zero-order valence-electron chi connectivity index (χ0n) is 12.5. The molecule has 0 aliphatic heterocycles. The zero-order valence-corrected chi connectivity index (χ0v) is 15.1. The summed E-state index contributed by atoms with van der Waals surface area (Å²) in [5.41, 5.74) is 0.210. The fourth-order valence-electron chi connectivity index (χ4n) is 2.16. The van der Waals surface area contributed by atoms with Gasteiger partial charge in [0.05, 0.1) is 0 Å². The van der Waals surface area contributed by atoms with Gasteiger partial charge in [0.2, 0.25) is 0 Å². The SMILES string of the molecule is CCN(CC)CCCNS(=O)(=O)c1ccc(F)c2n[se]nc12. The van der Waals surface area contributed by atoms with E-state index < -0.39 is 30.8 Å². The Kier molecular flexibility index (Phi) is 6.05. The van der Waals surface area contributed by atoms with Crippen LogP contribution in [0.1, 0.15) is 20.3 Å². The molecule has 1 N–H and O–H groups in total. The van der Waals surface area contributed by atoms with Crippen LogP contribution in [0.15, 0.2) is 17.0 Å². The minimum absolute atomic E-state index is 0.00913. The van der Waals surface area contributed by atoms with Crippen LogP contribution in [0.25, 0.3) is 11.0 Å². The van der Waals surface area contributed by atoms with Gasteiger partial charge in [-0.3, -0.25) is 0 Å². The van der Waals surface area contributed by atoms with Crippen LogP contribution in [0.5, 0.6) is 0 Å². The van der Waals surface area contributed by atoms with Crippen molar-refractivity contribution in [3.05, 3.63) is 17.9 Å². The molecule has 2 rings (SSSR count). The molecule has 1 aromatic carbocycles. The number of rotatable bonds is 8. The Morgan fingerprint density at radius 3 is 2.59 bits per heavy atom. The first kappa shape index (κ1) is 17.5. The number of sulfonamides is 1. The zero-order chi connectivity index (χ0) is 16.2. The van der Waals surface area contributed by atoms with Crippen molar-refractivity contribution in [2.24, 2.45) is 0 Å². The summed E-state index contributed by atoms with van der Waals surface area (Å²) in [7, 11) is -3.69. The Hall–Kier alpha value is -0.861. The molecule has 122 valence electrons. The fraction of sp³-hybridized carbons (Fsp3) is 0.538. The number of hydrogen-bond acceptors (Lipinski definition) is 5. The van der Waals surface area contributed by atoms with Gasteiger partial charge >= 0.3 is 136 Å². The molecule has 0 saturated heterocycles. The summed E-state index contributed by atoms with van der Waals surface area (Å²) in [6, 6.07) is 2.38. The number of nitrogens with zero attached hydrogens (tertiary/aromatic N) is 3. The number of hydrogen-bond donors (Lipinski definition) is 1. The van der Waals surface area contributed by atoms with Crippen LogP contribution in [-0.2, 0) is 10.0 Å². The van der Waals surface area contributed by atoms with E-state index in [1.807, 2.05) is 0 Å². The summed E-state index contributed by atoms with van der Waals surface area (Å²) in [5, 5.41) is 0. The molecular formula is C13H19FN4O2SSe. The summed E-state index contributed by atoms with van der Waals surface area (Å²) < 4.78 is 48.8. The van der Waals surface area contributed by atoms with Crippen LogP contribution in [0.4, 0.5) is 4.39 Å². The van der Waals surface area contributed by atoms with E-state index in [0.717, 1.165) is 32.1 Å². The number of benzene rings is 1. The molecule has 1 aromatic heterocycles. The average Bonchev–Trinajstić information content (AvgIpc) is 2.97. The van der Waals surface area contributed by atoms with Gasteiger partial charge in [-0.15, -0.1) is 0 Å². The molecule has 0 aliphatic carbocycles. The molecule has 0 spiro atoms. The molecule has 0 atom stereocenters. The molecule has 0 radical (unpaired) electrons. The molecule has 0 bridgehead atoms. The van der Waals surface area contributed by atoms with Crippen molar-refractivity contribution < 1.29 is 12.8 Å². The number of nitrogens with one attached hydrogen (secondary N) is 1. The molecule has 1 heterocycles. The van der Waals surface area contributed by atoms with Crippen LogP contribution in [0.3, 0.4) is 0 Å². The molecule has 0 saturated carbocycles. The van der Waals surface area contributed by atoms with Crippen LogP contribution < -0.4 is 4.72 Å². The summed E-state index contributed by atoms with van der Waals surface area (Å²) in [6.07, 6.45) is 0.718. The quantitative estimate of drug-likeness (QED) is 0.531. The maximum atomic E-state index is 13.6. The van der Waals surface area contributed by atoms with E-state index in [-0.39, 0.29) is 15.9 Å². The third kappa shape index (κ3) is 3.91. The molecule has 9 heteroatoms. The van der Waals surface area contributed by atoms with E-state index in [1.165, 1.54) is 6.07 Å². The first-order chi connectivity index (χ1) is 10.5. The summed E-state index contributed by atoms with van der Waals surface area (Å²) in [6.45, 7) is 7.20. The van der Waals surface area contributed by atoms with Crippen molar-refractivity contribution in [1.82, 2.24) is 17.6 Å². The van der Waals surface area contributed by atoms with Crippen LogP contribution in [-0.4, -0.2) is 62.4 Å². The van der Waals surface area contributed by atoms with Gasteiger partial charge < -0.3 is 0 Å². The fourth-order valence-corrected chi connectivity index (χ4v) is 4.68. The Labute approximate surface area is 136 Å². The molecule has 0 amide bonds. The Bertz CT molecular complexity index is 731. The number of halogens is 1. The molecule has 0 fully saturated rings. The second-order valence-corrected chi connectivity index (χ2v) is 7.63. The first-order valence-electron chi connectivity index (χ1n) is 7.12. The van der Waals surface area contributed by atoms with Gasteiger partial charge in [-0.25, -0.2) is 0 Å². The van der Waals surface area contributed by atoms with Crippen molar-refractivity contribution in [2.75, 3.05) is 26.2 Å². The van der Waals surface area contributed by atoms with Crippen LogP contribution in [0.2, 0.25) is 0 Å². The molecule has 22 heavy (non-hydrogen) atoms. The molecule has 0 unspecified atom stereocenters. The van der Waals surface area contributed by atoms with Crippen molar-refractivity contribution in [1.29, 1.82) is 0 Å². The average molecular weight is 393 g/mol. The van der Waals surface area contributed by atoms with E-state index in [2.05, 4.69) is 31.4 Å². The predicted molar refractivity (Wildman–Crippen MR) is 84.0 cm³/mol. The van der Waals surface area contributed by atoms with Crippen molar-refractivity contribution >= 4 is 36.0 Å². The van der Waals surface area contributed by atoms with Crippen molar-refractivity contribution in [3.63, 3.8) is 0 Å². The number of aromatic nitrogens is 2. The van der Waals surface area contributed by atoms with E-state index in [0.29, 0.717) is 6.54 Å². The second kappa shape index (κ2) is 7.61. The van der Waals surface area contributed by atoms with Gasteiger partial charge in [0, 0.05) is 0 Å².